The molecule has 0 saturated carbocycles. The van der Waals surface area contributed by atoms with Gasteiger partial charge in [0.1, 0.15) is 5.82 Å². The van der Waals surface area contributed by atoms with E-state index in [1.807, 2.05) is 0 Å². The zero-order valence-corrected chi connectivity index (χ0v) is 11.7. The first-order chi connectivity index (χ1) is 9.34. The summed E-state index contributed by atoms with van der Waals surface area (Å²) < 4.78 is 5.39. The van der Waals surface area contributed by atoms with Crippen molar-refractivity contribution in [3.63, 3.8) is 0 Å². The lowest BCUT2D eigenvalue weighted by molar-refractivity contribution is 0.122. The molecule has 0 aromatic carbocycles. The quantitative estimate of drug-likeness (QED) is 0.884. The summed E-state index contributed by atoms with van der Waals surface area (Å²) in [6.07, 6.45) is 3.86. The number of nitrogens with one attached hydrogen (secondary N) is 1. The Balaban J connectivity index is 1.76. The fourth-order valence-electron chi connectivity index (χ4n) is 3.01. The van der Waals surface area contributed by atoms with E-state index in [9.17, 15) is 0 Å². The molecule has 1 atom stereocenters. The fraction of sp³-hybridized carbons (Fsp3) is 0.667. The molecule has 4 nitrogen and oxygen atoms in total. The summed E-state index contributed by atoms with van der Waals surface area (Å²) in [5.74, 6) is 1.10. The predicted molar refractivity (Wildman–Crippen MR) is 76.6 cm³/mol. The monoisotopic (exact) mass is 261 g/mol. The first-order valence-electron chi connectivity index (χ1n) is 7.38. The van der Waals surface area contributed by atoms with Crippen molar-refractivity contribution in [1.29, 1.82) is 0 Å². The topological polar surface area (TPSA) is 37.4 Å². The van der Waals surface area contributed by atoms with E-state index in [1.54, 1.807) is 0 Å². The van der Waals surface area contributed by atoms with Crippen molar-refractivity contribution in [3.8, 4) is 0 Å². The van der Waals surface area contributed by atoms with Crippen LogP contribution in [0, 0.1) is 6.92 Å². The van der Waals surface area contributed by atoms with Crippen molar-refractivity contribution in [2.24, 2.45) is 0 Å². The van der Waals surface area contributed by atoms with Crippen LogP contribution in [0.4, 0.5) is 5.82 Å². The lowest BCUT2D eigenvalue weighted by Crippen LogP contribution is -2.37. The number of rotatable bonds is 2. The molecule has 4 heteroatoms. The second kappa shape index (κ2) is 5.88. The third-order valence-electron chi connectivity index (χ3n) is 4.13. The minimum atomic E-state index is 0.500. The van der Waals surface area contributed by atoms with Gasteiger partial charge in [-0.05, 0) is 37.9 Å². The van der Waals surface area contributed by atoms with Crippen LogP contribution in [0.15, 0.2) is 12.1 Å². The van der Waals surface area contributed by atoms with E-state index in [4.69, 9.17) is 9.72 Å². The highest BCUT2D eigenvalue weighted by molar-refractivity contribution is 5.42. The van der Waals surface area contributed by atoms with Gasteiger partial charge in [-0.25, -0.2) is 4.98 Å². The van der Waals surface area contributed by atoms with Crippen molar-refractivity contribution < 1.29 is 4.74 Å². The van der Waals surface area contributed by atoms with Gasteiger partial charge in [-0.15, -0.1) is 0 Å². The van der Waals surface area contributed by atoms with Crippen LogP contribution >= 0.6 is 0 Å². The molecule has 19 heavy (non-hydrogen) atoms. The van der Waals surface area contributed by atoms with Crippen LogP contribution in [-0.2, 0) is 4.74 Å². The smallest absolute Gasteiger partial charge is 0.128 e. The lowest BCUT2D eigenvalue weighted by atomic mass is 9.96. The van der Waals surface area contributed by atoms with Crippen LogP contribution in [0.25, 0.3) is 0 Å². The molecular formula is C15H23N3O. The molecule has 0 spiro atoms. The molecule has 2 fully saturated rings. The first kappa shape index (κ1) is 12.9. The van der Waals surface area contributed by atoms with Gasteiger partial charge in [-0.3, -0.25) is 0 Å². The summed E-state index contributed by atoms with van der Waals surface area (Å²) in [6, 6.07) is 4.93. The van der Waals surface area contributed by atoms with Crippen LogP contribution < -0.4 is 10.2 Å². The summed E-state index contributed by atoms with van der Waals surface area (Å²) in [5.41, 5.74) is 2.54. The van der Waals surface area contributed by atoms with E-state index in [0.29, 0.717) is 6.04 Å². The van der Waals surface area contributed by atoms with Gasteiger partial charge in [0.25, 0.3) is 0 Å². The van der Waals surface area contributed by atoms with Gasteiger partial charge in [-0.2, -0.15) is 0 Å². The molecule has 104 valence electrons. The molecule has 3 rings (SSSR count). The minimum absolute atomic E-state index is 0.500. The predicted octanol–water partition coefficient (Wildman–Crippen LogP) is 2.04. The highest BCUT2D eigenvalue weighted by Gasteiger charge is 2.19. The van der Waals surface area contributed by atoms with Crippen molar-refractivity contribution in [2.45, 2.75) is 32.2 Å². The molecule has 2 aliphatic heterocycles. The SMILES string of the molecule is Cc1nc(N2CCOCC2)ccc1C1CCCCN1. The number of pyridine rings is 1. The number of piperidine rings is 1. The third kappa shape index (κ3) is 2.90. The van der Waals surface area contributed by atoms with Crippen LogP contribution in [0.5, 0.6) is 0 Å². The minimum Gasteiger partial charge on any atom is -0.378 e. The van der Waals surface area contributed by atoms with Gasteiger partial charge in [-0.1, -0.05) is 12.5 Å². The van der Waals surface area contributed by atoms with Crippen LogP contribution in [0.1, 0.15) is 36.6 Å². The van der Waals surface area contributed by atoms with Crippen LogP contribution in [0.3, 0.4) is 0 Å². The van der Waals surface area contributed by atoms with Gasteiger partial charge in [0, 0.05) is 24.8 Å². The highest BCUT2D eigenvalue weighted by atomic mass is 16.5. The number of anilines is 1. The second-order valence-electron chi connectivity index (χ2n) is 5.45. The van der Waals surface area contributed by atoms with Crippen LogP contribution in [0.2, 0.25) is 0 Å². The Morgan fingerprint density at radius 1 is 1.26 bits per heavy atom. The number of nitrogens with zero attached hydrogens (tertiary/aromatic N) is 2. The Bertz CT molecular complexity index is 423. The first-order valence-corrected chi connectivity index (χ1v) is 7.38. The van der Waals surface area contributed by atoms with Gasteiger partial charge < -0.3 is 15.0 Å². The van der Waals surface area contributed by atoms with Crippen molar-refractivity contribution in [2.75, 3.05) is 37.7 Å². The zero-order chi connectivity index (χ0) is 13.1. The van der Waals surface area contributed by atoms with Gasteiger partial charge in [0.05, 0.1) is 13.2 Å². The molecule has 0 aliphatic carbocycles. The summed E-state index contributed by atoms with van der Waals surface area (Å²) in [5, 5.41) is 3.60. The number of morpholine rings is 1. The van der Waals surface area contributed by atoms with E-state index in [-0.39, 0.29) is 0 Å². The van der Waals surface area contributed by atoms with Gasteiger partial charge in [0.15, 0.2) is 0 Å². The molecule has 0 amide bonds. The Labute approximate surface area is 115 Å². The number of hydrogen-bond acceptors (Lipinski definition) is 4. The molecular weight excluding hydrogens is 238 g/mol. The standard InChI is InChI=1S/C15H23N3O/c1-12-13(14-4-2-3-7-16-14)5-6-15(17-12)18-8-10-19-11-9-18/h5-6,14,16H,2-4,7-11H2,1H3. The van der Waals surface area contributed by atoms with E-state index in [2.05, 4.69) is 29.3 Å². The van der Waals surface area contributed by atoms with E-state index >= 15 is 0 Å². The Hall–Kier alpha value is -1.13. The molecule has 2 saturated heterocycles. The number of aromatic nitrogens is 1. The molecule has 1 aromatic heterocycles. The average Bonchev–Trinajstić information content (AvgIpc) is 2.49. The van der Waals surface area contributed by atoms with E-state index in [0.717, 1.165) is 38.7 Å². The maximum atomic E-state index is 5.39. The Morgan fingerprint density at radius 2 is 2.11 bits per heavy atom. The summed E-state index contributed by atoms with van der Waals surface area (Å²) in [7, 11) is 0. The molecule has 0 bridgehead atoms. The maximum absolute atomic E-state index is 5.39. The summed E-state index contributed by atoms with van der Waals surface area (Å²) in [6.45, 7) is 6.80. The Kier molecular flexibility index (Phi) is 3.99. The lowest BCUT2D eigenvalue weighted by Gasteiger charge is -2.29. The van der Waals surface area contributed by atoms with Crippen molar-refractivity contribution in [1.82, 2.24) is 10.3 Å². The highest BCUT2D eigenvalue weighted by Crippen LogP contribution is 2.26. The number of aryl methyl sites for hydroxylation is 1. The normalized spacial score (nSPS) is 24.5. The average molecular weight is 261 g/mol. The fourth-order valence-corrected chi connectivity index (χ4v) is 3.01. The number of ether oxygens (including phenoxy) is 1. The van der Waals surface area contributed by atoms with Gasteiger partial charge >= 0.3 is 0 Å². The molecule has 3 heterocycles. The Morgan fingerprint density at radius 3 is 2.79 bits per heavy atom. The maximum Gasteiger partial charge on any atom is 0.128 e. The molecule has 2 aliphatic rings. The largest absolute Gasteiger partial charge is 0.378 e. The van der Waals surface area contributed by atoms with Crippen molar-refractivity contribution >= 4 is 5.82 Å². The summed E-state index contributed by atoms with van der Waals surface area (Å²) >= 11 is 0. The second-order valence-corrected chi connectivity index (χ2v) is 5.45. The number of hydrogen-bond donors (Lipinski definition) is 1. The third-order valence-corrected chi connectivity index (χ3v) is 4.13. The van der Waals surface area contributed by atoms with E-state index < -0.39 is 0 Å². The van der Waals surface area contributed by atoms with E-state index in [1.165, 1.54) is 30.5 Å². The van der Waals surface area contributed by atoms with Crippen molar-refractivity contribution in [3.05, 3.63) is 23.4 Å². The zero-order valence-electron chi connectivity index (χ0n) is 11.7. The van der Waals surface area contributed by atoms with Crippen LogP contribution in [-0.4, -0.2) is 37.8 Å². The molecule has 1 unspecified atom stereocenters. The summed E-state index contributed by atoms with van der Waals surface area (Å²) in [4.78, 5) is 7.12. The molecule has 0 radical (unpaired) electrons. The van der Waals surface area contributed by atoms with Gasteiger partial charge in [0.2, 0.25) is 0 Å². The molecule has 1 aromatic rings. The molecule has 1 N–H and O–H groups in total.